The number of rotatable bonds is 4. The number of ether oxygens (including phenoxy) is 1. The van der Waals surface area contributed by atoms with Gasteiger partial charge in [-0.3, -0.25) is 10.1 Å². The summed E-state index contributed by atoms with van der Waals surface area (Å²) in [6.45, 7) is 5.51. The third-order valence-electron chi connectivity index (χ3n) is 3.22. The van der Waals surface area contributed by atoms with Gasteiger partial charge in [0.25, 0.3) is 0 Å². The lowest BCUT2D eigenvalue weighted by Gasteiger charge is -2.11. The predicted octanol–water partition coefficient (Wildman–Crippen LogP) is 4.02. The molecule has 2 aromatic carbocycles. The second-order valence-corrected chi connectivity index (χ2v) is 5.15. The summed E-state index contributed by atoms with van der Waals surface area (Å²) in [6, 6.07) is 10.6. The van der Waals surface area contributed by atoms with E-state index < -0.39 is 4.92 Å². The molecule has 2 aromatic rings. The molecule has 0 unspecified atom stereocenters. The highest BCUT2D eigenvalue weighted by Crippen LogP contribution is 2.35. The Balaban J connectivity index is 2.37. The monoisotopic (exact) mass is 286 g/mol. The van der Waals surface area contributed by atoms with Crippen molar-refractivity contribution in [2.45, 2.75) is 26.8 Å². The van der Waals surface area contributed by atoms with E-state index in [0.29, 0.717) is 5.75 Å². The third kappa shape index (κ3) is 3.38. The number of benzene rings is 2. The molecule has 2 rings (SSSR count). The van der Waals surface area contributed by atoms with Crippen molar-refractivity contribution < 1.29 is 9.66 Å². The van der Waals surface area contributed by atoms with Gasteiger partial charge in [-0.05, 0) is 49.6 Å². The van der Waals surface area contributed by atoms with Crippen LogP contribution in [0, 0.1) is 24.0 Å². The maximum atomic E-state index is 11.2. The van der Waals surface area contributed by atoms with E-state index in [1.807, 2.05) is 32.0 Å². The van der Waals surface area contributed by atoms with E-state index in [9.17, 15) is 10.1 Å². The SMILES string of the molecule is Cc1cc(C)c(Oc2ccc([C@H](C)N)cc2)c([N+](=O)[O-])c1. The minimum absolute atomic E-state index is 0.0243. The van der Waals surface area contributed by atoms with Crippen molar-refractivity contribution in [2.75, 3.05) is 0 Å². The van der Waals surface area contributed by atoms with Crippen molar-refractivity contribution in [3.63, 3.8) is 0 Å². The molecule has 0 aliphatic carbocycles. The number of aryl methyl sites for hydroxylation is 2. The van der Waals surface area contributed by atoms with Crippen LogP contribution in [0.2, 0.25) is 0 Å². The Morgan fingerprint density at radius 3 is 2.33 bits per heavy atom. The molecule has 0 heterocycles. The Hall–Kier alpha value is -2.40. The Kier molecular flexibility index (Phi) is 4.23. The number of nitro groups is 1. The highest BCUT2D eigenvalue weighted by molar-refractivity contribution is 5.55. The molecule has 1 atom stereocenters. The van der Waals surface area contributed by atoms with E-state index in [1.54, 1.807) is 19.1 Å². The van der Waals surface area contributed by atoms with Crippen LogP contribution < -0.4 is 10.5 Å². The molecular formula is C16H18N2O3. The first-order chi connectivity index (χ1) is 9.88. The van der Waals surface area contributed by atoms with Gasteiger partial charge in [0.1, 0.15) is 5.75 Å². The molecule has 21 heavy (non-hydrogen) atoms. The summed E-state index contributed by atoms with van der Waals surface area (Å²) in [5.41, 5.74) is 8.32. The average molecular weight is 286 g/mol. The number of hydrogen-bond acceptors (Lipinski definition) is 4. The standard InChI is InChI=1S/C16H18N2O3/c1-10-8-11(2)16(15(9-10)18(19)20)21-14-6-4-13(5-7-14)12(3)17/h4-9,12H,17H2,1-3H3/t12-/m0/s1. The second-order valence-electron chi connectivity index (χ2n) is 5.15. The van der Waals surface area contributed by atoms with E-state index >= 15 is 0 Å². The summed E-state index contributed by atoms with van der Waals surface area (Å²) in [5, 5.41) is 11.2. The fraction of sp³-hybridized carbons (Fsp3) is 0.250. The van der Waals surface area contributed by atoms with Crippen molar-refractivity contribution >= 4 is 5.69 Å². The summed E-state index contributed by atoms with van der Waals surface area (Å²) in [7, 11) is 0. The Labute approximate surface area is 123 Å². The number of nitrogens with zero attached hydrogens (tertiary/aromatic N) is 1. The van der Waals surface area contributed by atoms with Crippen LogP contribution >= 0.6 is 0 Å². The predicted molar refractivity (Wildman–Crippen MR) is 81.7 cm³/mol. The molecule has 0 spiro atoms. The summed E-state index contributed by atoms with van der Waals surface area (Å²) >= 11 is 0. The molecule has 5 nitrogen and oxygen atoms in total. The number of hydrogen-bond donors (Lipinski definition) is 1. The largest absolute Gasteiger partial charge is 0.450 e. The zero-order valence-electron chi connectivity index (χ0n) is 12.3. The number of nitrogens with two attached hydrogens (primary N) is 1. The minimum Gasteiger partial charge on any atom is -0.450 e. The topological polar surface area (TPSA) is 78.4 Å². The fourth-order valence-corrected chi connectivity index (χ4v) is 2.16. The van der Waals surface area contributed by atoms with Crippen molar-refractivity contribution in [3.05, 3.63) is 63.2 Å². The lowest BCUT2D eigenvalue weighted by Crippen LogP contribution is -2.04. The molecule has 0 aliphatic heterocycles. The van der Waals surface area contributed by atoms with E-state index in [2.05, 4.69) is 0 Å². The zero-order chi connectivity index (χ0) is 15.6. The van der Waals surface area contributed by atoms with Gasteiger partial charge in [-0.15, -0.1) is 0 Å². The third-order valence-corrected chi connectivity index (χ3v) is 3.22. The van der Waals surface area contributed by atoms with Crippen molar-refractivity contribution in [2.24, 2.45) is 5.73 Å². The first-order valence-electron chi connectivity index (χ1n) is 6.67. The molecular weight excluding hydrogens is 268 g/mol. The van der Waals surface area contributed by atoms with Gasteiger partial charge in [0, 0.05) is 12.1 Å². The van der Waals surface area contributed by atoms with Gasteiger partial charge in [0.2, 0.25) is 5.75 Å². The van der Waals surface area contributed by atoms with E-state index in [1.165, 1.54) is 6.07 Å². The van der Waals surface area contributed by atoms with Crippen LogP contribution in [0.15, 0.2) is 36.4 Å². The van der Waals surface area contributed by atoms with E-state index in [0.717, 1.165) is 16.7 Å². The summed E-state index contributed by atoms with van der Waals surface area (Å²) in [4.78, 5) is 10.7. The van der Waals surface area contributed by atoms with E-state index in [-0.39, 0.29) is 17.5 Å². The van der Waals surface area contributed by atoms with Crippen LogP contribution in [-0.4, -0.2) is 4.92 Å². The van der Waals surface area contributed by atoms with Crippen molar-refractivity contribution in [3.8, 4) is 11.5 Å². The average Bonchev–Trinajstić information content (AvgIpc) is 2.41. The summed E-state index contributed by atoms with van der Waals surface area (Å²) in [5.74, 6) is 0.827. The Morgan fingerprint density at radius 2 is 1.81 bits per heavy atom. The minimum atomic E-state index is -0.425. The molecule has 0 bridgehead atoms. The maximum absolute atomic E-state index is 11.2. The van der Waals surface area contributed by atoms with Gasteiger partial charge in [-0.1, -0.05) is 18.2 Å². The van der Waals surface area contributed by atoms with Gasteiger partial charge >= 0.3 is 5.69 Å². The first kappa shape index (κ1) is 15.0. The molecule has 5 heteroatoms. The van der Waals surface area contributed by atoms with Crippen LogP contribution in [-0.2, 0) is 0 Å². The number of nitro benzene ring substituents is 1. The van der Waals surface area contributed by atoms with Gasteiger partial charge in [-0.2, -0.15) is 0 Å². The molecule has 110 valence electrons. The Morgan fingerprint density at radius 1 is 1.19 bits per heavy atom. The van der Waals surface area contributed by atoms with Gasteiger partial charge < -0.3 is 10.5 Å². The lowest BCUT2D eigenvalue weighted by molar-refractivity contribution is -0.385. The maximum Gasteiger partial charge on any atom is 0.312 e. The van der Waals surface area contributed by atoms with Gasteiger partial charge in [-0.25, -0.2) is 0 Å². The van der Waals surface area contributed by atoms with Gasteiger partial charge in [0.05, 0.1) is 4.92 Å². The highest BCUT2D eigenvalue weighted by atomic mass is 16.6. The quantitative estimate of drug-likeness (QED) is 0.680. The van der Waals surface area contributed by atoms with Gasteiger partial charge in [0.15, 0.2) is 0 Å². The van der Waals surface area contributed by atoms with E-state index in [4.69, 9.17) is 10.5 Å². The summed E-state index contributed by atoms with van der Waals surface area (Å²) in [6.07, 6.45) is 0. The lowest BCUT2D eigenvalue weighted by atomic mass is 10.1. The summed E-state index contributed by atoms with van der Waals surface area (Å²) < 4.78 is 5.71. The van der Waals surface area contributed by atoms with Crippen molar-refractivity contribution in [1.82, 2.24) is 0 Å². The zero-order valence-corrected chi connectivity index (χ0v) is 12.3. The molecule has 0 radical (unpaired) electrons. The first-order valence-corrected chi connectivity index (χ1v) is 6.67. The molecule has 0 aromatic heterocycles. The van der Waals surface area contributed by atoms with Crippen LogP contribution in [0.5, 0.6) is 11.5 Å². The normalized spacial score (nSPS) is 12.0. The fourth-order valence-electron chi connectivity index (χ4n) is 2.16. The molecule has 0 aliphatic rings. The van der Waals surface area contributed by atoms with Crippen molar-refractivity contribution in [1.29, 1.82) is 0 Å². The van der Waals surface area contributed by atoms with Crippen LogP contribution in [0.4, 0.5) is 5.69 Å². The van der Waals surface area contributed by atoms with Crippen LogP contribution in [0.1, 0.15) is 29.7 Å². The molecule has 2 N–H and O–H groups in total. The molecule has 0 fully saturated rings. The second kappa shape index (κ2) is 5.93. The smallest absolute Gasteiger partial charge is 0.312 e. The van der Waals surface area contributed by atoms with Crippen LogP contribution in [0.25, 0.3) is 0 Å². The molecule has 0 saturated carbocycles. The Bertz CT molecular complexity index is 664. The van der Waals surface area contributed by atoms with Crippen LogP contribution in [0.3, 0.4) is 0 Å². The molecule has 0 amide bonds. The molecule has 0 saturated heterocycles. The highest BCUT2D eigenvalue weighted by Gasteiger charge is 2.19.